The average molecular weight is 502 g/mol. The smallest absolute Gasteiger partial charge is 0.295 e. The first-order valence-corrected chi connectivity index (χ1v) is 11.4. The second-order valence-corrected chi connectivity index (χ2v) is 8.73. The normalized spacial score (nSPS) is 17.9. The van der Waals surface area contributed by atoms with Gasteiger partial charge < -0.3 is 19.5 Å². The number of aliphatic hydroxyl groups excluding tert-OH is 1. The van der Waals surface area contributed by atoms with Crippen molar-refractivity contribution in [2.45, 2.75) is 39.8 Å². The van der Waals surface area contributed by atoms with Crippen molar-refractivity contribution in [1.29, 1.82) is 0 Å². The van der Waals surface area contributed by atoms with Gasteiger partial charge in [-0.25, -0.2) is 0 Å². The van der Waals surface area contributed by atoms with E-state index in [0.717, 1.165) is 10.0 Å². The minimum absolute atomic E-state index is 0.00138. The lowest BCUT2D eigenvalue weighted by atomic mass is 9.95. The molecule has 1 unspecified atom stereocenters. The number of Topliss-reactive ketones (excluding diaryl/α,β-unsaturated/α-hetero) is 1. The average Bonchev–Trinajstić information content (AvgIpc) is 3.01. The largest absolute Gasteiger partial charge is 0.507 e. The van der Waals surface area contributed by atoms with E-state index in [4.69, 9.17) is 9.47 Å². The van der Waals surface area contributed by atoms with Gasteiger partial charge in [0.25, 0.3) is 11.7 Å². The van der Waals surface area contributed by atoms with Gasteiger partial charge in [-0.3, -0.25) is 9.59 Å². The molecule has 1 aliphatic heterocycles. The van der Waals surface area contributed by atoms with Gasteiger partial charge in [-0.15, -0.1) is 0 Å². The number of carbonyl (C=O) groups is 2. The molecule has 2 aromatic carbocycles. The minimum atomic E-state index is -0.717. The van der Waals surface area contributed by atoms with Crippen LogP contribution in [0.4, 0.5) is 0 Å². The molecule has 6 nitrogen and oxygen atoms in total. The van der Waals surface area contributed by atoms with Crippen LogP contribution in [0.25, 0.3) is 5.76 Å². The summed E-state index contributed by atoms with van der Waals surface area (Å²) in [6.45, 7) is 8.67. The van der Waals surface area contributed by atoms with Gasteiger partial charge in [0.05, 0.1) is 30.9 Å². The van der Waals surface area contributed by atoms with E-state index in [1.165, 1.54) is 4.90 Å². The molecule has 1 heterocycles. The van der Waals surface area contributed by atoms with Gasteiger partial charge in [0.2, 0.25) is 0 Å². The van der Waals surface area contributed by atoms with Crippen LogP contribution >= 0.6 is 15.9 Å². The Morgan fingerprint density at radius 3 is 2.44 bits per heavy atom. The molecule has 0 aromatic heterocycles. The molecule has 1 aliphatic rings. The Balaban J connectivity index is 2.08. The van der Waals surface area contributed by atoms with Gasteiger partial charge in [0, 0.05) is 16.6 Å². The molecule has 0 radical (unpaired) electrons. The fraction of sp³-hybridized carbons (Fsp3) is 0.360. The second kappa shape index (κ2) is 10.3. The molecule has 3 rings (SSSR count). The molecule has 32 heavy (non-hydrogen) atoms. The van der Waals surface area contributed by atoms with Crippen LogP contribution in [0.3, 0.4) is 0 Å². The van der Waals surface area contributed by atoms with Crippen molar-refractivity contribution in [2.75, 3.05) is 19.8 Å². The number of rotatable bonds is 8. The number of ether oxygens (including phenoxy) is 2. The lowest BCUT2D eigenvalue weighted by Crippen LogP contribution is -2.33. The van der Waals surface area contributed by atoms with Crippen LogP contribution in [-0.2, 0) is 14.3 Å². The standard InChI is InChI=1S/C25H28BrNO5/c1-5-31-19-9-6-17(7-10-19)22-21(23(28)18-8-11-20(26)16(4)14-18)24(29)25(30)27(22)12-13-32-15(2)3/h6-11,14-15,22,28H,5,12-13H2,1-4H3/b23-21-. The number of hydrogen-bond donors (Lipinski definition) is 1. The maximum Gasteiger partial charge on any atom is 0.295 e. The molecule has 2 aromatic rings. The van der Waals surface area contributed by atoms with E-state index in [-0.39, 0.29) is 30.6 Å². The van der Waals surface area contributed by atoms with E-state index in [0.29, 0.717) is 23.5 Å². The monoisotopic (exact) mass is 501 g/mol. The third kappa shape index (κ3) is 5.05. The molecule has 0 bridgehead atoms. The number of amides is 1. The Morgan fingerprint density at radius 2 is 1.84 bits per heavy atom. The van der Waals surface area contributed by atoms with Crippen molar-refractivity contribution in [1.82, 2.24) is 4.90 Å². The lowest BCUT2D eigenvalue weighted by Gasteiger charge is -2.26. The molecule has 1 atom stereocenters. The molecule has 1 amide bonds. The van der Waals surface area contributed by atoms with Crippen LogP contribution in [-0.4, -0.2) is 47.6 Å². The SMILES string of the molecule is CCOc1ccc(C2/C(=C(/O)c3ccc(Br)c(C)c3)C(=O)C(=O)N2CCOC(C)C)cc1. The van der Waals surface area contributed by atoms with Crippen LogP contribution in [0.1, 0.15) is 43.5 Å². The zero-order chi connectivity index (χ0) is 23.4. The van der Waals surface area contributed by atoms with Gasteiger partial charge in [-0.2, -0.15) is 0 Å². The maximum absolute atomic E-state index is 13.0. The Bertz CT molecular complexity index is 1030. The topological polar surface area (TPSA) is 76.1 Å². The first-order chi connectivity index (χ1) is 15.2. The van der Waals surface area contributed by atoms with Gasteiger partial charge in [-0.1, -0.05) is 34.1 Å². The minimum Gasteiger partial charge on any atom is -0.507 e. The van der Waals surface area contributed by atoms with Gasteiger partial charge in [-0.05, 0) is 63.1 Å². The van der Waals surface area contributed by atoms with Crippen molar-refractivity contribution in [2.24, 2.45) is 0 Å². The maximum atomic E-state index is 13.0. The highest BCUT2D eigenvalue weighted by Crippen LogP contribution is 2.40. The first kappa shape index (κ1) is 24.0. The summed E-state index contributed by atoms with van der Waals surface area (Å²) in [7, 11) is 0. The van der Waals surface area contributed by atoms with Gasteiger partial charge >= 0.3 is 0 Å². The van der Waals surface area contributed by atoms with E-state index in [2.05, 4.69) is 15.9 Å². The van der Waals surface area contributed by atoms with Gasteiger partial charge in [0.1, 0.15) is 11.5 Å². The molecule has 0 saturated carbocycles. The molecule has 7 heteroatoms. The summed E-state index contributed by atoms with van der Waals surface area (Å²) >= 11 is 3.45. The van der Waals surface area contributed by atoms with Crippen LogP contribution in [0.2, 0.25) is 0 Å². The molecule has 1 saturated heterocycles. The van der Waals surface area contributed by atoms with Crippen LogP contribution in [0.5, 0.6) is 5.75 Å². The number of halogens is 1. The highest BCUT2D eigenvalue weighted by atomic mass is 79.9. The van der Waals surface area contributed by atoms with E-state index in [1.54, 1.807) is 24.3 Å². The second-order valence-electron chi connectivity index (χ2n) is 7.88. The number of nitrogens with zero attached hydrogens (tertiary/aromatic N) is 1. The summed E-state index contributed by atoms with van der Waals surface area (Å²) in [4.78, 5) is 27.5. The van der Waals surface area contributed by atoms with E-state index in [1.807, 2.05) is 45.9 Å². The van der Waals surface area contributed by atoms with Gasteiger partial charge in [0.15, 0.2) is 0 Å². The summed E-state index contributed by atoms with van der Waals surface area (Å²) in [6, 6.07) is 11.8. The number of aryl methyl sites for hydroxylation is 1. The summed E-state index contributed by atoms with van der Waals surface area (Å²) in [5, 5.41) is 11.1. The Hall–Kier alpha value is -2.64. The summed E-state index contributed by atoms with van der Waals surface area (Å²) < 4.78 is 12.0. The third-order valence-corrected chi connectivity index (χ3v) is 6.15. The van der Waals surface area contributed by atoms with Crippen molar-refractivity contribution >= 4 is 33.4 Å². The predicted molar refractivity (Wildman–Crippen MR) is 127 cm³/mol. The highest BCUT2D eigenvalue weighted by molar-refractivity contribution is 9.10. The number of benzene rings is 2. The number of ketones is 1. The Labute approximate surface area is 197 Å². The predicted octanol–water partition coefficient (Wildman–Crippen LogP) is 5.00. The van der Waals surface area contributed by atoms with E-state index in [9.17, 15) is 14.7 Å². The van der Waals surface area contributed by atoms with E-state index >= 15 is 0 Å². The highest BCUT2D eigenvalue weighted by Gasteiger charge is 2.45. The van der Waals surface area contributed by atoms with Crippen molar-refractivity contribution in [3.8, 4) is 5.75 Å². The zero-order valence-electron chi connectivity index (χ0n) is 18.7. The molecule has 1 fully saturated rings. The van der Waals surface area contributed by atoms with E-state index < -0.39 is 17.7 Å². The third-order valence-electron chi connectivity index (χ3n) is 5.26. The Kier molecular flexibility index (Phi) is 7.74. The van der Waals surface area contributed by atoms with Crippen LogP contribution in [0.15, 0.2) is 52.5 Å². The number of hydrogen-bond acceptors (Lipinski definition) is 5. The fourth-order valence-electron chi connectivity index (χ4n) is 3.70. The van der Waals surface area contributed by atoms with Crippen LogP contribution < -0.4 is 4.74 Å². The number of carbonyl (C=O) groups excluding carboxylic acids is 2. The van der Waals surface area contributed by atoms with Crippen molar-refractivity contribution in [3.05, 3.63) is 69.2 Å². The van der Waals surface area contributed by atoms with Crippen molar-refractivity contribution in [3.63, 3.8) is 0 Å². The van der Waals surface area contributed by atoms with Crippen molar-refractivity contribution < 1.29 is 24.2 Å². The number of likely N-dealkylation sites (tertiary alicyclic amines) is 1. The zero-order valence-corrected chi connectivity index (χ0v) is 20.3. The number of aliphatic hydroxyl groups is 1. The summed E-state index contributed by atoms with van der Waals surface area (Å²) in [6.07, 6.45) is 0.00138. The summed E-state index contributed by atoms with van der Waals surface area (Å²) in [5.41, 5.74) is 2.18. The van der Waals surface area contributed by atoms with Crippen LogP contribution in [0, 0.1) is 6.92 Å². The molecular weight excluding hydrogens is 474 g/mol. The molecule has 170 valence electrons. The Morgan fingerprint density at radius 1 is 1.16 bits per heavy atom. The molecular formula is C25H28BrNO5. The molecule has 0 aliphatic carbocycles. The summed E-state index contributed by atoms with van der Waals surface area (Å²) in [5.74, 6) is -0.844. The fourth-order valence-corrected chi connectivity index (χ4v) is 3.95. The molecule has 1 N–H and O–H groups in total. The quantitative estimate of drug-likeness (QED) is 0.312. The lowest BCUT2D eigenvalue weighted by molar-refractivity contribution is -0.140. The molecule has 0 spiro atoms. The first-order valence-electron chi connectivity index (χ1n) is 10.6.